The Morgan fingerprint density at radius 1 is 1.18 bits per heavy atom. The largest absolute Gasteiger partial charge is 0.375 e. The molecule has 0 aliphatic carbocycles. The van der Waals surface area contributed by atoms with Crippen molar-refractivity contribution in [3.63, 3.8) is 0 Å². The zero-order valence-corrected chi connectivity index (χ0v) is 11.9. The van der Waals surface area contributed by atoms with Gasteiger partial charge in [-0.2, -0.15) is 0 Å². The van der Waals surface area contributed by atoms with Gasteiger partial charge in [0.15, 0.2) is 11.4 Å². The number of benzene rings is 2. The van der Waals surface area contributed by atoms with Crippen LogP contribution < -0.4 is 4.90 Å². The van der Waals surface area contributed by atoms with Gasteiger partial charge in [0.1, 0.15) is 5.82 Å². The van der Waals surface area contributed by atoms with Crippen molar-refractivity contribution < 1.29 is 19.1 Å². The minimum Gasteiger partial charge on any atom is -0.375 e. The summed E-state index contributed by atoms with van der Waals surface area (Å²) in [7, 11) is 1.56. The summed E-state index contributed by atoms with van der Waals surface area (Å²) in [5, 5.41) is 10.8. The number of aliphatic hydroxyl groups is 1. The second-order valence-corrected chi connectivity index (χ2v) is 5.35. The number of Topliss-reactive ketones (excluding diaryl/α,β-unsaturated/α-hetero) is 1. The topological polar surface area (TPSA) is 57.6 Å². The van der Waals surface area contributed by atoms with Gasteiger partial charge in [-0.1, -0.05) is 18.2 Å². The highest BCUT2D eigenvalue weighted by atomic mass is 19.1. The predicted molar refractivity (Wildman–Crippen MR) is 79.1 cm³/mol. The smallest absolute Gasteiger partial charge is 0.263 e. The van der Waals surface area contributed by atoms with Crippen molar-refractivity contribution in [3.8, 4) is 0 Å². The molecule has 2 aromatic carbocycles. The molecule has 0 saturated heterocycles. The Morgan fingerprint density at radius 2 is 1.82 bits per heavy atom. The Balaban J connectivity index is 1.95. The summed E-state index contributed by atoms with van der Waals surface area (Å²) < 4.78 is 12.9. The monoisotopic (exact) mass is 299 g/mol. The van der Waals surface area contributed by atoms with Crippen molar-refractivity contribution in [3.05, 3.63) is 65.5 Å². The molecule has 0 saturated carbocycles. The third-order valence-electron chi connectivity index (χ3n) is 3.95. The van der Waals surface area contributed by atoms with Gasteiger partial charge in [0.05, 0.1) is 12.1 Å². The first-order valence-electron chi connectivity index (χ1n) is 6.82. The molecule has 2 aromatic rings. The van der Waals surface area contributed by atoms with E-state index in [-0.39, 0.29) is 12.0 Å². The van der Waals surface area contributed by atoms with Crippen molar-refractivity contribution in [1.82, 2.24) is 0 Å². The molecule has 112 valence electrons. The molecule has 1 heterocycles. The number of ketones is 1. The van der Waals surface area contributed by atoms with Crippen LogP contribution in [0.1, 0.15) is 22.3 Å². The molecule has 4 nitrogen and oxygen atoms in total. The van der Waals surface area contributed by atoms with Gasteiger partial charge in [0.2, 0.25) is 0 Å². The second kappa shape index (κ2) is 5.03. The van der Waals surface area contributed by atoms with Crippen molar-refractivity contribution in [2.75, 3.05) is 11.9 Å². The molecule has 0 fully saturated rings. The minimum absolute atomic E-state index is 0.259. The zero-order chi connectivity index (χ0) is 15.9. The van der Waals surface area contributed by atoms with E-state index in [1.807, 2.05) is 0 Å². The summed E-state index contributed by atoms with van der Waals surface area (Å²) in [6.07, 6.45) is -0.376. The van der Waals surface area contributed by atoms with Crippen LogP contribution in [0.25, 0.3) is 0 Å². The normalized spacial score (nSPS) is 20.1. The van der Waals surface area contributed by atoms with E-state index < -0.39 is 23.1 Å². The predicted octanol–water partition coefficient (Wildman–Crippen LogP) is 2.26. The van der Waals surface area contributed by atoms with Crippen LogP contribution in [0.3, 0.4) is 0 Å². The molecular weight excluding hydrogens is 285 g/mol. The van der Waals surface area contributed by atoms with E-state index >= 15 is 0 Å². The Labute approximate surface area is 126 Å². The Kier molecular flexibility index (Phi) is 3.30. The number of hydrogen-bond donors (Lipinski definition) is 1. The molecule has 1 aliphatic heterocycles. The number of likely N-dealkylation sites (N-methyl/N-ethyl adjacent to an activating group) is 1. The lowest BCUT2D eigenvalue weighted by Crippen LogP contribution is -2.40. The van der Waals surface area contributed by atoms with Gasteiger partial charge in [0, 0.05) is 18.2 Å². The molecule has 0 bridgehead atoms. The number of nitrogens with zero attached hydrogens (tertiary/aromatic N) is 1. The van der Waals surface area contributed by atoms with Crippen LogP contribution in [0.5, 0.6) is 0 Å². The lowest BCUT2D eigenvalue weighted by atomic mass is 9.88. The molecule has 0 aromatic heterocycles. The molecule has 1 atom stereocenters. The highest BCUT2D eigenvalue weighted by Crippen LogP contribution is 2.41. The van der Waals surface area contributed by atoms with Crippen molar-refractivity contribution in [1.29, 1.82) is 0 Å². The fourth-order valence-corrected chi connectivity index (χ4v) is 2.76. The van der Waals surface area contributed by atoms with Gasteiger partial charge < -0.3 is 10.0 Å². The summed E-state index contributed by atoms with van der Waals surface area (Å²) in [6.45, 7) is 0. The van der Waals surface area contributed by atoms with Crippen LogP contribution in [-0.2, 0) is 10.4 Å². The van der Waals surface area contributed by atoms with Gasteiger partial charge in [-0.05, 0) is 30.3 Å². The van der Waals surface area contributed by atoms with Gasteiger partial charge in [0.25, 0.3) is 5.91 Å². The summed E-state index contributed by atoms with van der Waals surface area (Å²) >= 11 is 0. The molecule has 1 amide bonds. The number of amides is 1. The van der Waals surface area contributed by atoms with Crippen LogP contribution in [0, 0.1) is 5.82 Å². The Bertz CT molecular complexity index is 757. The van der Waals surface area contributed by atoms with Crippen LogP contribution >= 0.6 is 0 Å². The van der Waals surface area contributed by atoms with Crippen molar-refractivity contribution in [2.45, 2.75) is 12.0 Å². The molecule has 0 radical (unpaired) electrons. The van der Waals surface area contributed by atoms with Gasteiger partial charge >= 0.3 is 0 Å². The molecule has 0 spiro atoms. The third-order valence-corrected chi connectivity index (χ3v) is 3.95. The van der Waals surface area contributed by atoms with E-state index in [0.29, 0.717) is 11.3 Å². The average Bonchev–Trinajstić information content (AvgIpc) is 2.70. The van der Waals surface area contributed by atoms with E-state index in [0.717, 1.165) is 0 Å². The number of rotatable bonds is 3. The lowest BCUT2D eigenvalue weighted by Gasteiger charge is -2.21. The van der Waals surface area contributed by atoms with E-state index in [2.05, 4.69) is 0 Å². The summed E-state index contributed by atoms with van der Waals surface area (Å²) in [5.41, 5.74) is -0.619. The Hall–Kier alpha value is -2.53. The van der Waals surface area contributed by atoms with Crippen molar-refractivity contribution >= 4 is 17.4 Å². The Morgan fingerprint density at radius 3 is 2.50 bits per heavy atom. The molecule has 5 heteroatoms. The van der Waals surface area contributed by atoms with Crippen molar-refractivity contribution in [2.24, 2.45) is 0 Å². The molecule has 3 rings (SSSR count). The lowest BCUT2D eigenvalue weighted by molar-refractivity contribution is -0.135. The fraction of sp³-hybridized carbons (Fsp3) is 0.176. The van der Waals surface area contributed by atoms with Gasteiger partial charge in [-0.3, -0.25) is 9.59 Å². The first kappa shape index (κ1) is 14.4. The molecular formula is C17H14FNO3. The second-order valence-electron chi connectivity index (χ2n) is 5.35. The quantitative estimate of drug-likeness (QED) is 0.885. The summed E-state index contributed by atoms with van der Waals surface area (Å²) in [6, 6.07) is 11.9. The number of para-hydroxylation sites is 1. The fourth-order valence-electron chi connectivity index (χ4n) is 2.76. The maximum Gasteiger partial charge on any atom is 0.263 e. The summed E-state index contributed by atoms with van der Waals surface area (Å²) in [4.78, 5) is 26.0. The number of carbonyl (C=O) groups excluding carboxylic acids is 2. The van der Waals surface area contributed by atoms with Gasteiger partial charge in [-0.25, -0.2) is 4.39 Å². The third kappa shape index (κ3) is 2.10. The first-order valence-corrected chi connectivity index (χ1v) is 6.82. The number of hydrogen-bond acceptors (Lipinski definition) is 3. The van der Waals surface area contributed by atoms with E-state index in [4.69, 9.17) is 0 Å². The summed E-state index contributed by atoms with van der Waals surface area (Å²) in [5.74, 6) is -1.40. The average molecular weight is 299 g/mol. The number of fused-ring (bicyclic) bond motifs is 1. The SMILES string of the molecule is CN1C(=O)C(O)(CC(=O)c2ccc(F)cc2)c2ccccc21. The minimum atomic E-state index is -1.88. The maximum absolute atomic E-state index is 12.9. The first-order chi connectivity index (χ1) is 10.4. The highest BCUT2D eigenvalue weighted by molar-refractivity contribution is 6.10. The van der Waals surface area contributed by atoms with Crippen LogP contribution in [0.2, 0.25) is 0 Å². The standard InChI is InChI=1S/C17H14FNO3/c1-19-14-5-3-2-4-13(14)17(22,16(19)21)10-15(20)11-6-8-12(18)9-7-11/h2-9,22H,10H2,1H3. The number of anilines is 1. The van der Waals surface area contributed by atoms with E-state index in [1.54, 1.807) is 31.3 Å². The van der Waals surface area contributed by atoms with E-state index in [9.17, 15) is 19.1 Å². The molecule has 1 unspecified atom stereocenters. The molecule has 22 heavy (non-hydrogen) atoms. The molecule has 1 N–H and O–H groups in total. The highest BCUT2D eigenvalue weighted by Gasteiger charge is 2.49. The molecule has 1 aliphatic rings. The van der Waals surface area contributed by atoms with Gasteiger partial charge in [-0.15, -0.1) is 0 Å². The number of halogens is 1. The zero-order valence-electron chi connectivity index (χ0n) is 11.9. The van der Waals surface area contributed by atoms with Crippen LogP contribution in [0.4, 0.5) is 10.1 Å². The number of carbonyl (C=O) groups is 2. The maximum atomic E-state index is 12.9. The van der Waals surface area contributed by atoms with E-state index in [1.165, 1.54) is 29.2 Å². The van der Waals surface area contributed by atoms with Crippen LogP contribution in [0.15, 0.2) is 48.5 Å². The van der Waals surface area contributed by atoms with Crippen LogP contribution in [-0.4, -0.2) is 23.8 Å².